The number of methoxy groups -OCH3 is 2. The number of hydrogen-bond acceptors (Lipinski definition) is 6. The third-order valence-corrected chi connectivity index (χ3v) is 5.67. The van der Waals surface area contributed by atoms with Crippen LogP contribution in [0.5, 0.6) is 11.5 Å². The molecule has 30 heavy (non-hydrogen) atoms. The van der Waals surface area contributed by atoms with Gasteiger partial charge in [-0.25, -0.2) is 9.97 Å². The van der Waals surface area contributed by atoms with E-state index in [4.69, 9.17) is 14.5 Å². The lowest BCUT2D eigenvalue weighted by Crippen LogP contribution is -2.23. The van der Waals surface area contributed by atoms with E-state index in [1.54, 1.807) is 14.2 Å². The molecule has 0 aliphatic rings. The number of nitrogens with one attached hydrogen (secondary N) is 1. The van der Waals surface area contributed by atoms with Crippen LogP contribution in [0, 0.1) is 6.92 Å². The van der Waals surface area contributed by atoms with Crippen molar-refractivity contribution in [1.29, 1.82) is 0 Å². The molecule has 2 heterocycles. The van der Waals surface area contributed by atoms with Crippen LogP contribution in [0.4, 0.5) is 0 Å². The molecule has 0 unspecified atom stereocenters. The average molecular weight is 420 g/mol. The lowest BCUT2D eigenvalue weighted by atomic mass is 10.0. The predicted octanol–water partition coefficient (Wildman–Crippen LogP) is 4.61. The maximum absolute atomic E-state index is 13.0. The van der Waals surface area contributed by atoms with Crippen molar-refractivity contribution in [2.75, 3.05) is 14.2 Å². The Hall–Kier alpha value is -3.45. The molecule has 0 atom stereocenters. The number of pyridine rings is 1. The smallest absolute Gasteiger partial charge is 0.252 e. The van der Waals surface area contributed by atoms with Gasteiger partial charge in [0, 0.05) is 22.0 Å². The molecule has 0 radical (unpaired) electrons. The van der Waals surface area contributed by atoms with Gasteiger partial charge in [0.25, 0.3) is 5.91 Å². The van der Waals surface area contributed by atoms with Gasteiger partial charge in [0.1, 0.15) is 5.01 Å². The Kier molecular flexibility index (Phi) is 5.63. The second-order valence-electron chi connectivity index (χ2n) is 6.71. The van der Waals surface area contributed by atoms with E-state index in [-0.39, 0.29) is 5.91 Å². The van der Waals surface area contributed by atoms with E-state index >= 15 is 0 Å². The van der Waals surface area contributed by atoms with Crippen LogP contribution in [0.25, 0.3) is 22.2 Å². The van der Waals surface area contributed by atoms with E-state index in [0.29, 0.717) is 29.3 Å². The third-order valence-electron chi connectivity index (χ3n) is 4.71. The van der Waals surface area contributed by atoms with E-state index in [1.807, 2.05) is 60.8 Å². The number of benzene rings is 2. The number of fused-ring (bicyclic) bond motifs is 1. The fraction of sp³-hybridized carbons (Fsp3) is 0.174. The summed E-state index contributed by atoms with van der Waals surface area (Å²) in [6, 6.07) is 15.0. The number of nitrogens with zero attached hydrogens (tertiary/aromatic N) is 2. The minimum absolute atomic E-state index is 0.164. The summed E-state index contributed by atoms with van der Waals surface area (Å²) in [7, 11) is 3.19. The van der Waals surface area contributed by atoms with Gasteiger partial charge in [-0.15, -0.1) is 11.3 Å². The van der Waals surface area contributed by atoms with Crippen molar-refractivity contribution in [3.63, 3.8) is 0 Å². The molecule has 4 rings (SSSR count). The summed E-state index contributed by atoms with van der Waals surface area (Å²) in [6.45, 7) is 2.33. The van der Waals surface area contributed by atoms with E-state index in [1.165, 1.54) is 11.3 Å². The minimum atomic E-state index is -0.164. The standard InChI is InChI=1S/C23H21N3O3S/c1-14-13-30-22(25-14)12-24-23(27)17-11-19(26-18-7-5-4-6-16(17)18)15-8-9-20(28-2)21(10-15)29-3/h4-11,13H,12H2,1-3H3,(H,24,27). The maximum atomic E-state index is 13.0. The van der Waals surface area contributed by atoms with E-state index in [0.717, 1.165) is 27.2 Å². The Morgan fingerprint density at radius 3 is 2.57 bits per heavy atom. The number of thiazole rings is 1. The first-order chi connectivity index (χ1) is 14.6. The van der Waals surface area contributed by atoms with Crippen LogP contribution >= 0.6 is 11.3 Å². The number of aryl methyl sites for hydroxylation is 1. The summed E-state index contributed by atoms with van der Waals surface area (Å²) in [5.41, 5.74) is 3.79. The van der Waals surface area contributed by atoms with Gasteiger partial charge < -0.3 is 14.8 Å². The Morgan fingerprint density at radius 2 is 1.83 bits per heavy atom. The first-order valence-electron chi connectivity index (χ1n) is 9.40. The Morgan fingerprint density at radius 1 is 1.03 bits per heavy atom. The molecule has 2 aromatic carbocycles. The van der Waals surface area contributed by atoms with Crippen LogP contribution in [0.15, 0.2) is 53.9 Å². The molecular formula is C23H21N3O3S. The van der Waals surface area contributed by atoms with Crippen LogP contribution in [0.1, 0.15) is 21.1 Å². The van der Waals surface area contributed by atoms with E-state index < -0.39 is 0 Å². The minimum Gasteiger partial charge on any atom is -0.493 e. The molecule has 0 saturated heterocycles. The molecule has 0 spiro atoms. The summed E-state index contributed by atoms with van der Waals surface area (Å²) in [5, 5.41) is 6.62. The zero-order valence-corrected chi connectivity index (χ0v) is 17.7. The lowest BCUT2D eigenvalue weighted by molar-refractivity contribution is 0.0952. The van der Waals surface area contributed by atoms with Gasteiger partial charge in [-0.05, 0) is 37.3 Å². The summed E-state index contributed by atoms with van der Waals surface area (Å²) in [5.74, 6) is 1.08. The number of aromatic nitrogens is 2. The largest absolute Gasteiger partial charge is 0.493 e. The van der Waals surface area contributed by atoms with Crippen molar-refractivity contribution in [3.8, 4) is 22.8 Å². The molecule has 0 aliphatic heterocycles. The van der Waals surface area contributed by atoms with Crippen LogP contribution in [0.3, 0.4) is 0 Å². The van der Waals surface area contributed by atoms with Crippen LogP contribution in [-0.2, 0) is 6.54 Å². The highest BCUT2D eigenvalue weighted by atomic mass is 32.1. The molecule has 6 nitrogen and oxygen atoms in total. The highest BCUT2D eigenvalue weighted by Crippen LogP contribution is 2.33. The summed E-state index contributed by atoms with van der Waals surface area (Å²) in [6.07, 6.45) is 0. The Bertz CT molecular complexity index is 1220. The van der Waals surface area contributed by atoms with Crippen molar-refractivity contribution in [2.45, 2.75) is 13.5 Å². The zero-order chi connectivity index (χ0) is 21.1. The summed E-state index contributed by atoms with van der Waals surface area (Å²) < 4.78 is 10.7. The number of hydrogen-bond donors (Lipinski definition) is 1. The number of ether oxygens (including phenoxy) is 2. The molecular weight excluding hydrogens is 398 g/mol. The summed E-state index contributed by atoms with van der Waals surface area (Å²) >= 11 is 1.53. The van der Waals surface area contributed by atoms with Crippen LogP contribution in [-0.4, -0.2) is 30.1 Å². The summed E-state index contributed by atoms with van der Waals surface area (Å²) in [4.78, 5) is 22.2. The molecule has 0 fully saturated rings. The molecule has 2 aromatic heterocycles. The molecule has 1 N–H and O–H groups in total. The Balaban J connectivity index is 1.73. The van der Waals surface area contributed by atoms with E-state index in [9.17, 15) is 4.79 Å². The van der Waals surface area contributed by atoms with Gasteiger partial charge >= 0.3 is 0 Å². The number of carbonyl (C=O) groups is 1. The second kappa shape index (κ2) is 8.51. The highest BCUT2D eigenvalue weighted by molar-refractivity contribution is 7.09. The van der Waals surface area contributed by atoms with E-state index in [2.05, 4.69) is 10.3 Å². The first-order valence-corrected chi connectivity index (χ1v) is 10.3. The van der Waals surface area contributed by atoms with Crippen molar-refractivity contribution in [3.05, 3.63) is 70.2 Å². The average Bonchev–Trinajstić information content (AvgIpc) is 3.21. The lowest BCUT2D eigenvalue weighted by Gasteiger charge is -2.12. The van der Waals surface area contributed by atoms with Crippen LogP contribution < -0.4 is 14.8 Å². The van der Waals surface area contributed by atoms with Crippen molar-refractivity contribution in [2.24, 2.45) is 0 Å². The first kappa shape index (κ1) is 19.8. The van der Waals surface area contributed by atoms with Gasteiger partial charge in [-0.3, -0.25) is 4.79 Å². The third kappa shape index (κ3) is 3.97. The van der Waals surface area contributed by atoms with Crippen LogP contribution in [0.2, 0.25) is 0 Å². The quantitative estimate of drug-likeness (QED) is 0.494. The second-order valence-corrected chi connectivity index (χ2v) is 7.65. The van der Waals surface area contributed by atoms with Gasteiger partial charge in [0.2, 0.25) is 0 Å². The molecule has 1 amide bonds. The van der Waals surface area contributed by atoms with Gasteiger partial charge in [-0.2, -0.15) is 0 Å². The topological polar surface area (TPSA) is 73.3 Å². The van der Waals surface area contributed by atoms with Gasteiger partial charge in [-0.1, -0.05) is 18.2 Å². The molecule has 7 heteroatoms. The normalized spacial score (nSPS) is 10.8. The number of rotatable bonds is 6. The van der Waals surface area contributed by atoms with Gasteiger partial charge in [0.15, 0.2) is 11.5 Å². The van der Waals surface area contributed by atoms with Crippen molar-refractivity contribution in [1.82, 2.24) is 15.3 Å². The monoisotopic (exact) mass is 419 g/mol. The SMILES string of the molecule is COc1ccc(-c2cc(C(=O)NCc3nc(C)cs3)c3ccccc3n2)cc1OC. The molecule has 4 aromatic rings. The fourth-order valence-electron chi connectivity index (χ4n) is 3.24. The van der Waals surface area contributed by atoms with Gasteiger partial charge in [0.05, 0.1) is 37.5 Å². The fourth-order valence-corrected chi connectivity index (χ4v) is 3.95. The number of para-hydroxylation sites is 1. The maximum Gasteiger partial charge on any atom is 0.252 e. The molecule has 0 bridgehead atoms. The Labute approximate surface area is 178 Å². The zero-order valence-electron chi connectivity index (χ0n) is 16.9. The molecule has 0 aliphatic carbocycles. The number of carbonyl (C=O) groups excluding carboxylic acids is 1. The molecule has 152 valence electrons. The predicted molar refractivity (Wildman–Crippen MR) is 118 cm³/mol. The van der Waals surface area contributed by atoms with Crippen molar-refractivity contribution >= 4 is 28.1 Å². The highest BCUT2D eigenvalue weighted by Gasteiger charge is 2.15. The molecule has 0 saturated carbocycles. The number of amides is 1. The van der Waals surface area contributed by atoms with Crippen molar-refractivity contribution < 1.29 is 14.3 Å².